The van der Waals surface area contributed by atoms with E-state index in [-0.39, 0.29) is 73.4 Å². The van der Waals surface area contributed by atoms with Gasteiger partial charge in [-0.3, -0.25) is 57.9 Å². The van der Waals surface area contributed by atoms with Crippen LogP contribution < -0.4 is 55.5 Å². The van der Waals surface area contributed by atoms with E-state index >= 15 is 0 Å². The molecule has 3 aliphatic rings. The third-order valence-corrected chi connectivity index (χ3v) is 25.0. The Morgan fingerprint density at radius 2 is 0.651 bits per heavy atom. The number of amides is 8. The Balaban J connectivity index is 0.000000165. The largest absolute Gasteiger partial charge is 0.460 e. The van der Waals surface area contributed by atoms with Crippen LogP contribution in [-0.4, -0.2) is 163 Å². The first-order valence-electron chi connectivity index (χ1n) is 42.0. The van der Waals surface area contributed by atoms with Crippen LogP contribution in [0.25, 0.3) is 0 Å². The molecule has 0 radical (unpaired) electrons. The second-order valence-electron chi connectivity index (χ2n) is 30.4. The van der Waals surface area contributed by atoms with Crippen LogP contribution in [0.3, 0.4) is 0 Å². The molecule has 5 N–H and O–H groups in total. The molecule has 3 aromatic heterocycles. The van der Waals surface area contributed by atoms with Gasteiger partial charge >= 0.3 is 5.97 Å². The number of nitrogens with zero attached hydrogens (tertiary/aromatic N) is 6. The molecule has 0 bridgehead atoms. The van der Waals surface area contributed by atoms with E-state index in [1.54, 1.807) is 51.1 Å². The number of carbonyl (C=O) groups is 9. The van der Waals surface area contributed by atoms with Crippen LogP contribution in [0.4, 0.5) is 17.1 Å². The number of thiophene rings is 3. The third kappa shape index (κ3) is 25.3. The molecular formula is C99H98Cl3N11O13S3. The normalized spacial score (nSPS) is 15.4. The molecule has 30 heteroatoms. The predicted octanol–water partition coefficient (Wildman–Crippen LogP) is 16.3. The topological polar surface area (TPSA) is 270 Å². The number of benzene rings is 9. The summed E-state index contributed by atoms with van der Waals surface area (Å²) in [6.45, 7) is 9.45. The lowest BCUT2D eigenvalue weighted by Crippen LogP contribution is -2.60. The lowest BCUT2D eigenvalue weighted by Gasteiger charge is -2.38. The minimum atomic E-state index is -0.968. The van der Waals surface area contributed by atoms with E-state index in [2.05, 4.69) is 26.6 Å². The Kier molecular flexibility index (Phi) is 34.3. The summed E-state index contributed by atoms with van der Waals surface area (Å²) in [5, 5.41) is 21.1. The Morgan fingerprint density at radius 1 is 0.364 bits per heavy atom. The molecule has 12 aromatic rings. The number of esters is 1. The molecule has 3 aliphatic heterocycles. The number of rotatable bonds is 30. The van der Waals surface area contributed by atoms with Crippen LogP contribution in [0.15, 0.2) is 289 Å². The van der Waals surface area contributed by atoms with Crippen molar-refractivity contribution in [3.8, 4) is 34.5 Å². The van der Waals surface area contributed by atoms with E-state index in [9.17, 15) is 43.2 Å². The summed E-state index contributed by atoms with van der Waals surface area (Å²) in [6.07, 6.45) is 0. The zero-order valence-corrected chi connectivity index (χ0v) is 75.8. The molecule has 3 fully saturated rings. The number of para-hydroxylation sites is 3. The first kappa shape index (κ1) is 94.1. The lowest BCUT2D eigenvalue weighted by molar-refractivity contribution is -0.150. The van der Waals surface area contributed by atoms with E-state index in [0.717, 1.165) is 33.4 Å². The van der Waals surface area contributed by atoms with Gasteiger partial charge in [-0.25, -0.2) is 0 Å². The van der Waals surface area contributed by atoms with Crippen molar-refractivity contribution >= 4 is 139 Å². The van der Waals surface area contributed by atoms with Gasteiger partial charge in [0.05, 0.1) is 0 Å². The van der Waals surface area contributed by atoms with Crippen LogP contribution in [0.5, 0.6) is 34.5 Å². The molecule has 666 valence electrons. The highest BCUT2D eigenvalue weighted by Gasteiger charge is 2.43. The minimum Gasteiger partial charge on any atom is -0.460 e. The number of anilines is 3. The van der Waals surface area contributed by atoms with Gasteiger partial charge in [0.25, 0.3) is 17.7 Å². The van der Waals surface area contributed by atoms with Crippen molar-refractivity contribution < 1.29 is 62.1 Å². The number of nitrogens with one attached hydrogen (secondary N) is 5. The molecular weight excluding hydrogens is 1750 g/mol. The lowest BCUT2D eigenvalue weighted by atomic mass is 10.1. The van der Waals surface area contributed by atoms with Gasteiger partial charge in [-0.2, -0.15) is 0 Å². The smallest absolute Gasteiger partial charge is 0.325 e. The number of ether oxygens (including phenoxy) is 4. The quantitative estimate of drug-likeness (QED) is 0.0207. The number of carbonyl (C=O) groups excluding carboxylic acids is 9. The fourth-order valence-electron chi connectivity index (χ4n) is 15.1. The van der Waals surface area contributed by atoms with Gasteiger partial charge in [0.1, 0.15) is 95.0 Å². The second kappa shape index (κ2) is 47.0. The maximum Gasteiger partial charge on any atom is 0.325 e. The van der Waals surface area contributed by atoms with E-state index in [1.165, 1.54) is 48.7 Å². The van der Waals surface area contributed by atoms with E-state index in [4.69, 9.17) is 53.8 Å². The third-order valence-electron chi connectivity index (χ3n) is 21.5. The summed E-state index contributed by atoms with van der Waals surface area (Å²) < 4.78 is 23.5. The molecule has 0 unspecified atom stereocenters. The van der Waals surface area contributed by atoms with Crippen LogP contribution in [0, 0.1) is 20.8 Å². The van der Waals surface area contributed by atoms with Crippen molar-refractivity contribution in [3.05, 3.63) is 337 Å². The highest BCUT2D eigenvalue weighted by molar-refractivity contribution is 7.10. The first-order valence-corrected chi connectivity index (χ1v) is 46.2. The maximum atomic E-state index is 14.3. The van der Waals surface area contributed by atoms with E-state index in [0.29, 0.717) is 119 Å². The zero-order valence-electron chi connectivity index (χ0n) is 71.1. The highest BCUT2D eigenvalue weighted by atomic mass is 35.5. The fourth-order valence-corrected chi connectivity index (χ4v) is 18.0. The van der Waals surface area contributed by atoms with Gasteiger partial charge in [0.15, 0.2) is 0 Å². The summed E-state index contributed by atoms with van der Waals surface area (Å²) in [5.74, 6) is 0.0927. The number of hydrogen-bond acceptors (Lipinski definition) is 19. The first-order chi connectivity index (χ1) is 62.8. The van der Waals surface area contributed by atoms with E-state index < -0.39 is 59.9 Å². The molecule has 24 nitrogen and oxygen atoms in total. The van der Waals surface area contributed by atoms with Gasteiger partial charge in [0, 0.05) is 104 Å². The zero-order chi connectivity index (χ0) is 90.5. The molecule has 6 heterocycles. The van der Waals surface area contributed by atoms with Crippen molar-refractivity contribution in [2.75, 3.05) is 91.2 Å². The van der Waals surface area contributed by atoms with Gasteiger partial charge < -0.3 is 60.2 Å². The van der Waals surface area contributed by atoms with Crippen molar-refractivity contribution in [2.24, 2.45) is 0 Å². The maximum absolute atomic E-state index is 14.3. The van der Waals surface area contributed by atoms with Crippen LogP contribution in [-0.2, 0) is 67.6 Å². The van der Waals surface area contributed by atoms with Gasteiger partial charge in [-0.15, -0.1) is 68.8 Å². The van der Waals surface area contributed by atoms with Crippen molar-refractivity contribution in [3.63, 3.8) is 0 Å². The van der Waals surface area contributed by atoms with Gasteiger partial charge in [0.2, 0.25) is 29.5 Å². The molecule has 0 saturated carbocycles. The average Bonchev–Trinajstić information content (AvgIpc) is 1.78. The fraction of sp³-hybridized carbons (Fsp3) is 0.242. The SMILES string of the molecule is Cc1cc(Oc2ccccc2)ccc1N(C(=O)CCl)[C@@H](C(=O)N1CCN[C@@H](C(=O)NCc2ccccc2)C1)c1cccs1.Cc1cc(Oc2ccccc2)ccc1N(C(=O)CCl)[C@@H](C(=O)N1CCN[C@@H](C(=O)OCc2ccccc2)C1)c1cccs1.Cc1cc(Oc2ccccc2)ccc1N(C(=O)CCl)[C@H](C(=O)N1CCN[C@@H](C(=O)NCc2ccccc2)C1)c1cccs1. The summed E-state index contributed by atoms with van der Waals surface area (Å²) >= 11 is 22.6. The average molecular weight is 1850 g/mol. The minimum absolute atomic E-state index is 0.111. The Morgan fingerprint density at radius 3 is 0.938 bits per heavy atom. The monoisotopic (exact) mass is 1850 g/mol. The summed E-state index contributed by atoms with van der Waals surface area (Å²) in [4.78, 5) is 134. The second-order valence-corrected chi connectivity index (χ2v) is 34.1. The molecule has 15 rings (SSSR count). The summed E-state index contributed by atoms with van der Waals surface area (Å²) in [6, 6.07) is 79.5. The molecule has 8 amide bonds. The molecule has 6 atom stereocenters. The van der Waals surface area contributed by atoms with Crippen molar-refractivity contribution in [1.82, 2.24) is 41.3 Å². The molecule has 129 heavy (non-hydrogen) atoms. The summed E-state index contributed by atoms with van der Waals surface area (Å²) in [5.41, 5.74) is 6.76. The Bertz CT molecular complexity index is 5160. The van der Waals surface area contributed by atoms with Gasteiger partial charge in [-0.05, 0) is 179 Å². The standard InChI is InChI=1S/2C33H33ClN4O4S.C33H32ClN3O5S/c2*1-23-19-26(42-25-11-6-3-7-12-25)14-15-28(23)38(30(39)20-34)31(29-13-8-18-43-29)33(41)37-17-16-35-27(22-37)32(40)36-21-24-9-4-2-5-10-24;1-23-19-26(42-25-11-6-3-7-12-25)14-15-28(23)37(30(38)20-34)31(29-13-8-18-43-29)32(39)36-17-16-35-27(21-36)33(40)41-22-24-9-4-2-5-10-24/h2*2-15,18-19,27,31,35H,16-17,20-22H2,1H3,(H,36,40);2-15,18-19,27,31,35H,16-17,20-22H2,1H3/t27-,31+;2*27-,31-/m111/s1. The number of halogens is 3. The number of piperazine rings is 3. The van der Waals surface area contributed by atoms with Crippen LogP contribution in [0.1, 0.15) is 66.1 Å². The number of hydrogen-bond donors (Lipinski definition) is 5. The molecule has 3 saturated heterocycles. The summed E-state index contributed by atoms with van der Waals surface area (Å²) in [7, 11) is 0. The molecule has 9 aromatic carbocycles. The molecule has 0 aliphatic carbocycles. The van der Waals surface area contributed by atoms with Crippen molar-refractivity contribution in [2.45, 2.75) is 76.7 Å². The molecule has 0 spiro atoms. The predicted molar refractivity (Wildman–Crippen MR) is 507 cm³/mol. The van der Waals surface area contributed by atoms with Crippen LogP contribution in [0.2, 0.25) is 0 Å². The number of aryl methyl sites for hydroxylation is 3. The Hall–Kier alpha value is -12.5. The van der Waals surface area contributed by atoms with Crippen LogP contribution >= 0.6 is 68.8 Å². The van der Waals surface area contributed by atoms with Crippen molar-refractivity contribution in [1.29, 1.82) is 0 Å². The highest BCUT2D eigenvalue weighted by Crippen LogP contribution is 2.41. The number of alkyl halides is 3. The van der Waals surface area contributed by atoms with Gasteiger partial charge in [-0.1, -0.05) is 164 Å². The Labute approximate surface area is 776 Å². The van der Waals surface area contributed by atoms with E-state index in [1.807, 2.05) is 273 Å².